The lowest BCUT2D eigenvalue weighted by Gasteiger charge is -2.34. The predicted octanol–water partition coefficient (Wildman–Crippen LogP) is 1.75. The molecule has 0 aromatic heterocycles. The van der Waals surface area contributed by atoms with Crippen LogP contribution >= 0.6 is 0 Å². The van der Waals surface area contributed by atoms with Crippen molar-refractivity contribution in [3.63, 3.8) is 0 Å². The van der Waals surface area contributed by atoms with Crippen LogP contribution in [0.3, 0.4) is 0 Å². The third kappa shape index (κ3) is 1.80. The van der Waals surface area contributed by atoms with Gasteiger partial charge < -0.3 is 4.74 Å². The molecule has 4 nitrogen and oxygen atoms in total. The van der Waals surface area contributed by atoms with Crippen LogP contribution in [0.1, 0.15) is 44.9 Å². The smallest absolute Gasteiger partial charge is 0.258 e. The molecule has 4 heteroatoms. The topological polar surface area (TPSA) is 46.6 Å². The summed E-state index contributed by atoms with van der Waals surface area (Å²) in [6, 6.07) is 0. The SMILES string of the molecule is O=C1CC2=C(CCCC2)C(=O)N1C1CCCO1. The van der Waals surface area contributed by atoms with Crippen molar-refractivity contribution >= 4 is 11.8 Å². The quantitative estimate of drug-likeness (QED) is 0.650. The molecule has 3 rings (SSSR count). The Hall–Kier alpha value is -1.16. The van der Waals surface area contributed by atoms with Gasteiger partial charge in [-0.15, -0.1) is 0 Å². The predicted molar refractivity (Wildman–Crippen MR) is 60.9 cm³/mol. The first-order valence-corrected chi connectivity index (χ1v) is 6.46. The largest absolute Gasteiger partial charge is 0.358 e. The highest BCUT2D eigenvalue weighted by Crippen LogP contribution is 2.34. The van der Waals surface area contributed by atoms with Gasteiger partial charge in [-0.25, -0.2) is 0 Å². The van der Waals surface area contributed by atoms with Gasteiger partial charge in [0, 0.05) is 18.6 Å². The summed E-state index contributed by atoms with van der Waals surface area (Å²) < 4.78 is 5.47. The van der Waals surface area contributed by atoms with Crippen LogP contribution in [0.5, 0.6) is 0 Å². The van der Waals surface area contributed by atoms with Crippen molar-refractivity contribution in [2.45, 2.75) is 51.2 Å². The third-order valence-corrected chi connectivity index (χ3v) is 3.89. The lowest BCUT2D eigenvalue weighted by molar-refractivity contribution is -0.155. The maximum atomic E-state index is 12.3. The van der Waals surface area contributed by atoms with E-state index in [4.69, 9.17) is 4.74 Å². The fourth-order valence-corrected chi connectivity index (χ4v) is 3.00. The minimum absolute atomic E-state index is 0.0671. The number of amides is 2. The molecular formula is C13H17NO3. The molecule has 92 valence electrons. The lowest BCUT2D eigenvalue weighted by atomic mass is 9.86. The van der Waals surface area contributed by atoms with E-state index in [2.05, 4.69) is 0 Å². The van der Waals surface area contributed by atoms with Crippen LogP contribution in [-0.2, 0) is 14.3 Å². The fourth-order valence-electron chi connectivity index (χ4n) is 3.00. The first-order valence-electron chi connectivity index (χ1n) is 6.46. The summed E-state index contributed by atoms with van der Waals surface area (Å²) in [6.07, 6.45) is 5.80. The monoisotopic (exact) mass is 235 g/mol. The molecule has 17 heavy (non-hydrogen) atoms. The minimum Gasteiger partial charge on any atom is -0.358 e. The maximum Gasteiger partial charge on any atom is 0.258 e. The number of carbonyl (C=O) groups is 2. The summed E-state index contributed by atoms with van der Waals surface area (Å²) in [5.74, 6) is -0.148. The second-order valence-corrected chi connectivity index (χ2v) is 5.00. The summed E-state index contributed by atoms with van der Waals surface area (Å²) in [5, 5.41) is 0. The molecule has 0 spiro atoms. The molecule has 0 saturated carbocycles. The Morgan fingerprint density at radius 1 is 1.12 bits per heavy atom. The Balaban J connectivity index is 1.89. The first-order chi connectivity index (χ1) is 8.27. The number of nitrogens with zero attached hydrogens (tertiary/aromatic N) is 1. The fraction of sp³-hybridized carbons (Fsp3) is 0.692. The van der Waals surface area contributed by atoms with Crippen molar-refractivity contribution in [2.75, 3.05) is 6.61 Å². The van der Waals surface area contributed by atoms with Gasteiger partial charge in [-0.05, 0) is 38.5 Å². The molecule has 0 aromatic carbocycles. The molecule has 1 aliphatic carbocycles. The maximum absolute atomic E-state index is 12.3. The molecule has 1 fully saturated rings. The van der Waals surface area contributed by atoms with E-state index in [0.29, 0.717) is 13.0 Å². The molecule has 0 bridgehead atoms. The van der Waals surface area contributed by atoms with Gasteiger partial charge in [-0.2, -0.15) is 0 Å². The molecule has 1 saturated heterocycles. The van der Waals surface area contributed by atoms with E-state index in [1.54, 1.807) is 0 Å². The molecule has 1 unspecified atom stereocenters. The molecule has 2 aliphatic heterocycles. The normalized spacial score (nSPS) is 29.9. The van der Waals surface area contributed by atoms with Gasteiger partial charge in [0.05, 0.1) is 0 Å². The van der Waals surface area contributed by atoms with Gasteiger partial charge >= 0.3 is 0 Å². The van der Waals surface area contributed by atoms with E-state index < -0.39 is 0 Å². The highest BCUT2D eigenvalue weighted by atomic mass is 16.5. The molecule has 0 N–H and O–H groups in total. The number of imide groups is 1. The van der Waals surface area contributed by atoms with Crippen LogP contribution in [0.4, 0.5) is 0 Å². The van der Waals surface area contributed by atoms with E-state index in [-0.39, 0.29) is 18.0 Å². The van der Waals surface area contributed by atoms with Crippen molar-refractivity contribution in [1.29, 1.82) is 0 Å². The lowest BCUT2D eigenvalue weighted by Crippen LogP contribution is -2.48. The number of ether oxygens (including phenoxy) is 1. The molecule has 2 heterocycles. The Morgan fingerprint density at radius 3 is 2.71 bits per heavy atom. The van der Waals surface area contributed by atoms with Gasteiger partial charge in [0.1, 0.15) is 6.23 Å². The summed E-state index contributed by atoms with van der Waals surface area (Å²) in [6.45, 7) is 0.660. The van der Waals surface area contributed by atoms with E-state index in [1.165, 1.54) is 4.90 Å². The van der Waals surface area contributed by atoms with Gasteiger partial charge in [0.15, 0.2) is 0 Å². The summed E-state index contributed by atoms with van der Waals surface area (Å²) >= 11 is 0. The average molecular weight is 235 g/mol. The van der Waals surface area contributed by atoms with Crippen LogP contribution < -0.4 is 0 Å². The minimum atomic E-state index is -0.300. The summed E-state index contributed by atoms with van der Waals surface area (Å²) in [4.78, 5) is 25.7. The van der Waals surface area contributed by atoms with E-state index in [0.717, 1.165) is 49.7 Å². The molecule has 0 radical (unpaired) electrons. The van der Waals surface area contributed by atoms with E-state index in [9.17, 15) is 9.59 Å². The highest BCUT2D eigenvalue weighted by Gasteiger charge is 2.39. The second-order valence-electron chi connectivity index (χ2n) is 5.00. The molecule has 2 amide bonds. The van der Waals surface area contributed by atoms with E-state index in [1.807, 2.05) is 0 Å². The number of hydrogen-bond donors (Lipinski definition) is 0. The molecule has 1 atom stereocenters. The van der Waals surface area contributed by atoms with Crippen LogP contribution in [0, 0.1) is 0 Å². The first kappa shape index (κ1) is 11.0. The Labute approximate surface area is 101 Å². The summed E-state index contributed by atoms with van der Waals surface area (Å²) in [7, 11) is 0. The van der Waals surface area contributed by atoms with Crippen LogP contribution in [-0.4, -0.2) is 29.5 Å². The number of rotatable bonds is 1. The van der Waals surface area contributed by atoms with Crippen molar-refractivity contribution < 1.29 is 14.3 Å². The zero-order valence-electron chi connectivity index (χ0n) is 9.91. The average Bonchev–Trinajstić information content (AvgIpc) is 2.83. The molecular weight excluding hydrogens is 218 g/mol. The molecule has 3 aliphatic rings. The van der Waals surface area contributed by atoms with Crippen LogP contribution in [0.15, 0.2) is 11.1 Å². The Bertz CT molecular complexity index is 393. The van der Waals surface area contributed by atoms with Crippen LogP contribution in [0.25, 0.3) is 0 Å². The zero-order chi connectivity index (χ0) is 11.8. The molecule has 0 aromatic rings. The number of hydrogen-bond acceptors (Lipinski definition) is 3. The second kappa shape index (κ2) is 4.26. The van der Waals surface area contributed by atoms with Gasteiger partial charge in [0.25, 0.3) is 5.91 Å². The Morgan fingerprint density at radius 2 is 1.94 bits per heavy atom. The van der Waals surface area contributed by atoms with Crippen molar-refractivity contribution in [2.24, 2.45) is 0 Å². The zero-order valence-corrected chi connectivity index (χ0v) is 9.91. The highest BCUT2D eigenvalue weighted by molar-refractivity contribution is 6.08. The summed E-state index contributed by atoms with van der Waals surface area (Å²) in [5.41, 5.74) is 1.98. The van der Waals surface area contributed by atoms with Gasteiger partial charge in [-0.1, -0.05) is 5.57 Å². The van der Waals surface area contributed by atoms with Crippen LogP contribution in [0.2, 0.25) is 0 Å². The van der Waals surface area contributed by atoms with Crippen molar-refractivity contribution in [1.82, 2.24) is 4.90 Å². The third-order valence-electron chi connectivity index (χ3n) is 3.89. The Kier molecular flexibility index (Phi) is 2.74. The standard InChI is InChI=1S/C13H17NO3/c15-11-8-9-4-1-2-5-10(9)13(16)14(11)12-6-3-7-17-12/h12H,1-8H2. The van der Waals surface area contributed by atoms with E-state index >= 15 is 0 Å². The van der Waals surface area contributed by atoms with Crippen molar-refractivity contribution in [3.8, 4) is 0 Å². The van der Waals surface area contributed by atoms with Gasteiger partial charge in [0.2, 0.25) is 5.91 Å². The van der Waals surface area contributed by atoms with Crippen molar-refractivity contribution in [3.05, 3.63) is 11.1 Å². The number of carbonyl (C=O) groups excluding carboxylic acids is 2. The van der Waals surface area contributed by atoms with Gasteiger partial charge in [-0.3, -0.25) is 14.5 Å².